The fraction of sp³-hybridized carbons (Fsp3) is 0.0588. The molecule has 0 fully saturated rings. The van der Waals surface area contributed by atoms with E-state index in [0.29, 0.717) is 10.9 Å². The number of hydrogen-bond acceptors (Lipinski definition) is 6. The van der Waals surface area contributed by atoms with Crippen molar-refractivity contribution in [3.05, 3.63) is 134 Å². The minimum Gasteiger partial charge on any atom is -0.423 e. The van der Waals surface area contributed by atoms with Crippen molar-refractivity contribution in [1.82, 2.24) is 9.97 Å². The van der Waals surface area contributed by atoms with Gasteiger partial charge in [-0.3, -0.25) is 9.59 Å². The Labute approximate surface area is 303 Å². The van der Waals surface area contributed by atoms with Crippen molar-refractivity contribution in [2.45, 2.75) is 14.9 Å². The molecule has 0 aliphatic carbocycles. The highest BCUT2D eigenvalue weighted by Crippen LogP contribution is 2.34. The second kappa shape index (κ2) is 17.9. The first-order valence-electron chi connectivity index (χ1n) is 13.4. The normalized spacial score (nSPS) is 10.1. The second-order valence-corrected chi connectivity index (χ2v) is 11.4. The number of rotatable bonds is 4. The number of carbonyl (C=O) groups excluding carboxylic acids is 2. The summed E-state index contributed by atoms with van der Waals surface area (Å²) in [6.45, 7) is 0. The molecule has 2 amide bonds. The molecule has 0 aliphatic rings. The highest BCUT2D eigenvalue weighted by atomic mass is 79.9. The summed E-state index contributed by atoms with van der Waals surface area (Å²) in [6.07, 6.45) is 0. The Hall–Kier alpha value is -4.60. The fourth-order valence-electron chi connectivity index (χ4n) is 4.37. The van der Waals surface area contributed by atoms with Crippen molar-refractivity contribution in [1.29, 1.82) is 0 Å². The van der Waals surface area contributed by atoms with E-state index in [0.717, 1.165) is 39.6 Å². The van der Waals surface area contributed by atoms with Crippen LogP contribution in [0.1, 0.15) is 35.8 Å². The summed E-state index contributed by atoms with van der Waals surface area (Å²) in [6, 6.07) is 20.8. The zero-order chi connectivity index (χ0) is 35.3. The van der Waals surface area contributed by atoms with Gasteiger partial charge in [0, 0.05) is 25.3 Å². The van der Waals surface area contributed by atoms with E-state index in [1.807, 2.05) is 24.3 Å². The van der Waals surface area contributed by atoms with Gasteiger partial charge in [-0.1, -0.05) is 90.4 Å². The molecule has 2 aromatic heterocycles. The van der Waals surface area contributed by atoms with Crippen molar-refractivity contribution in [3.63, 3.8) is 0 Å². The van der Waals surface area contributed by atoms with E-state index in [1.165, 1.54) is 6.07 Å². The molecule has 6 N–H and O–H groups in total. The van der Waals surface area contributed by atoms with Crippen LogP contribution in [-0.4, -0.2) is 38.9 Å². The van der Waals surface area contributed by atoms with Crippen LogP contribution in [0.15, 0.2) is 89.4 Å². The lowest BCUT2D eigenvalue weighted by atomic mass is 9.79. The Morgan fingerprint density at radius 2 is 1.06 bits per heavy atom. The number of para-hydroxylation sites is 2. The van der Waals surface area contributed by atoms with Gasteiger partial charge >= 0.3 is 7.12 Å². The number of halogens is 7. The third-order valence-electron chi connectivity index (χ3n) is 6.47. The number of amides is 2. The van der Waals surface area contributed by atoms with Crippen molar-refractivity contribution in [3.8, 4) is 11.1 Å². The maximum Gasteiger partial charge on any atom is 0.494 e. The molecule has 0 saturated carbocycles. The van der Waals surface area contributed by atoms with Gasteiger partial charge in [0.2, 0.25) is 0 Å². The van der Waals surface area contributed by atoms with Gasteiger partial charge in [-0.05, 0) is 54.1 Å². The molecule has 0 saturated heterocycles. The van der Waals surface area contributed by atoms with Crippen molar-refractivity contribution >= 4 is 85.3 Å². The van der Waals surface area contributed by atoms with E-state index in [4.69, 9.17) is 44.7 Å². The fourth-order valence-corrected chi connectivity index (χ4v) is 5.30. The molecule has 0 aliphatic heterocycles. The van der Waals surface area contributed by atoms with E-state index < -0.39 is 47.7 Å². The lowest BCUT2D eigenvalue weighted by molar-refractivity contribution is 0.0987. The number of benzene rings is 4. The van der Waals surface area contributed by atoms with Crippen LogP contribution < -0.4 is 16.9 Å². The number of fused-ring (bicyclic) bond motifs is 2. The summed E-state index contributed by atoms with van der Waals surface area (Å²) in [7, 11) is -2.16. The first-order chi connectivity index (χ1) is 22.7. The third-order valence-corrected chi connectivity index (χ3v) is 7.56. The van der Waals surface area contributed by atoms with Crippen LogP contribution in [0.5, 0.6) is 0 Å². The molecule has 4 aromatic carbocycles. The minimum absolute atomic E-state index is 0. The predicted molar refractivity (Wildman–Crippen MR) is 193 cm³/mol. The van der Waals surface area contributed by atoms with Crippen molar-refractivity contribution < 1.29 is 37.2 Å². The topological polar surface area (TPSA) is 152 Å². The average molecular weight is 794 g/mol. The average Bonchev–Trinajstić information content (AvgIpc) is 3.00. The van der Waals surface area contributed by atoms with Gasteiger partial charge in [0.1, 0.15) is 34.7 Å². The maximum atomic E-state index is 14.2. The van der Waals surface area contributed by atoms with Crippen LogP contribution in [-0.2, 0) is 0 Å². The Morgan fingerprint density at radius 3 is 1.52 bits per heavy atom. The number of carbonyl (C=O) groups is 2. The van der Waals surface area contributed by atoms with Gasteiger partial charge < -0.3 is 21.5 Å². The van der Waals surface area contributed by atoms with Gasteiger partial charge in [0.05, 0.1) is 22.1 Å². The SMILES string of the molecule is C.C.NC(=O)c1cc(-c2c(F)cc(Cl)cc2F)c2ccccc2n1.NC(=O)c1cc(Br)c2ccccc2n1.OB(O)c1c(F)cc(Cl)cc1F. The van der Waals surface area contributed by atoms with Crippen molar-refractivity contribution in [2.75, 3.05) is 0 Å². The molecule has 0 bridgehead atoms. The van der Waals surface area contributed by atoms with Gasteiger partial charge in [0.15, 0.2) is 0 Å². The van der Waals surface area contributed by atoms with E-state index in [1.54, 1.807) is 30.3 Å². The Kier molecular flexibility index (Phi) is 14.9. The summed E-state index contributed by atoms with van der Waals surface area (Å²) in [4.78, 5) is 30.6. The summed E-state index contributed by atoms with van der Waals surface area (Å²) in [5.41, 5.74) is 10.9. The third kappa shape index (κ3) is 9.76. The molecule has 0 radical (unpaired) electrons. The quantitative estimate of drug-likeness (QED) is 0.107. The molecule has 50 heavy (non-hydrogen) atoms. The number of nitrogens with two attached hydrogens (primary N) is 2. The zero-order valence-electron chi connectivity index (χ0n) is 24.1. The molecular formula is C34H28BBrCl2F4N4O4. The lowest BCUT2D eigenvalue weighted by Crippen LogP contribution is -2.35. The molecule has 2 heterocycles. The van der Waals surface area contributed by atoms with E-state index in [9.17, 15) is 27.2 Å². The smallest absolute Gasteiger partial charge is 0.423 e. The summed E-state index contributed by atoms with van der Waals surface area (Å²) >= 11 is 14.3. The summed E-state index contributed by atoms with van der Waals surface area (Å²) in [5, 5.41) is 18.3. The van der Waals surface area contributed by atoms with Crippen LogP contribution in [0.2, 0.25) is 10.0 Å². The summed E-state index contributed by atoms with van der Waals surface area (Å²) < 4.78 is 54.7. The number of primary amides is 2. The van der Waals surface area contributed by atoms with Crippen LogP contribution in [0.4, 0.5) is 17.6 Å². The second-order valence-electron chi connectivity index (χ2n) is 9.71. The number of aromatic nitrogens is 2. The molecular weight excluding hydrogens is 766 g/mol. The van der Waals surface area contributed by atoms with Crippen molar-refractivity contribution in [2.24, 2.45) is 11.5 Å². The zero-order valence-corrected chi connectivity index (χ0v) is 27.2. The molecule has 0 unspecified atom stereocenters. The first kappa shape index (κ1) is 41.6. The Bertz CT molecular complexity index is 2150. The molecule has 16 heteroatoms. The predicted octanol–water partition coefficient (Wildman–Crippen LogP) is 7.60. The summed E-state index contributed by atoms with van der Waals surface area (Å²) in [5.74, 6) is -5.09. The van der Waals surface area contributed by atoms with Crippen LogP contribution in [0.25, 0.3) is 32.9 Å². The maximum absolute atomic E-state index is 14.2. The minimum atomic E-state index is -2.16. The van der Waals surface area contributed by atoms with Gasteiger partial charge in [-0.15, -0.1) is 0 Å². The molecule has 0 spiro atoms. The number of hydrogen-bond donors (Lipinski definition) is 4. The first-order valence-corrected chi connectivity index (χ1v) is 14.9. The molecule has 8 nitrogen and oxygen atoms in total. The van der Waals surface area contributed by atoms with Crippen LogP contribution in [0, 0.1) is 23.3 Å². The van der Waals surface area contributed by atoms with Gasteiger partial charge in [-0.25, -0.2) is 27.5 Å². The van der Waals surface area contributed by atoms with Gasteiger partial charge in [0.25, 0.3) is 11.8 Å². The standard InChI is InChI=1S/C16H9ClF2N2O.C10H7BrN2O.C6H4BClF2O2.2CH4/c17-8-5-11(18)15(12(19)6-8)10-7-14(16(20)22)21-13-4-2-1-3-9(10)13;11-7-5-9(10(12)14)13-8-4-2-1-3-6(7)8;8-3-1-4(9)6(7(11)12)5(10)2-3;;/h1-7H,(H2,20,22);1-5H,(H2,12,14);1-2,11-12H;2*1H4. The van der Waals surface area contributed by atoms with E-state index >= 15 is 0 Å². The lowest BCUT2D eigenvalue weighted by Gasteiger charge is -2.11. The Balaban J connectivity index is 0.000000270. The molecule has 0 atom stereocenters. The molecule has 6 aromatic rings. The number of pyridine rings is 2. The largest absolute Gasteiger partial charge is 0.494 e. The molecule has 6 rings (SSSR count). The molecule has 260 valence electrons. The van der Waals surface area contributed by atoms with Crippen LogP contribution in [0.3, 0.4) is 0 Å². The highest BCUT2D eigenvalue weighted by molar-refractivity contribution is 9.10. The monoisotopic (exact) mass is 792 g/mol. The van der Waals surface area contributed by atoms with Gasteiger partial charge in [-0.2, -0.15) is 0 Å². The van der Waals surface area contributed by atoms with E-state index in [2.05, 4.69) is 25.9 Å². The van der Waals surface area contributed by atoms with Crippen LogP contribution >= 0.6 is 39.1 Å². The number of nitrogens with zero attached hydrogens (tertiary/aromatic N) is 2. The highest BCUT2D eigenvalue weighted by Gasteiger charge is 2.22. The van der Waals surface area contributed by atoms with E-state index in [-0.39, 0.29) is 47.4 Å². The Morgan fingerprint density at radius 1 is 0.660 bits per heavy atom.